The van der Waals surface area contributed by atoms with E-state index in [0.29, 0.717) is 6.54 Å². The first-order valence-corrected chi connectivity index (χ1v) is 5.19. The molecule has 0 unspecified atom stereocenters. The predicted octanol–water partition coefficient (Wildman–Crippen LogP) is 1.00. The van der Waals surface area contributed by atoms with Crippen LogP contribution in [0.25, 0.3) is 0 Å². The number of carbonyl (C=O) groups is 1. The number of nitrogens with zero attached hydrogens (tertiary/aromatic N) is 1. The number of thiocarbonyl (C=S) groups is 1. The van der Waals surface area contributed by atoms with Crippen molar-refractivity contribution in [1.29, 1.82) is 0 Å². The van der Waals surface area contributed by atoms with Crippen molar-refractivity contribution in [3.05, 3.63) is 23.8 Å². The maximum Gasteiger partial charge on any atom is 0.321 e. The van der Waals surface area contributed by atoms with E-state index in [2.05, 4.69) is 10.6 Å². The van der Waals surface area contributed by atoms with Gasteiger partial charge in [0.25, 0.3) is 0 Å². The highest BCUT2D eigenvalue weighted by Crippen LogP contribution is 2.26. The smallest absolute Gasteiger partial charge is 0.321 e. The Labute approximate surface area is 98.6 Å². The molecule has 4 N–H and O–H groups in total. The van der Waals surface area contributed by atoms with Crippen molar-refractivity contribution in [2.45, 2.75) is 6.54 Å². The summed E-state index contributed by atoms with van der Waals surface area (Å²) >= 11 is 4.76. The number of fused-ring (bicyclic) bond motifs is 1. The molecular formula is C10H12N4OS. The molecular weight excluding hydrogens is 224 g/mol. The van der Waals surface area contributed by atoms with Crippen molar-refractivity contribution in [3.8, 4) is 0 Å². The first-order chi connectivity index (χ1) is 7.58. The van der Waals surface area contributed by atoms with Gasteiger partial charge in [-0.1, -0.05) is 0 Å². The first kappa shape index (κ1) is 10.7. The van der Waals surface area contributed by atoms with Gasteiger partial charge in [0.1, 0.15) is 0 Å². The number of nitrogens with two attached hydrogens (primary N) is 1. The van der Waals surface area contributed by atoms with E-state index in [4.69, 9.17) is 18.0 Å². The molecule has 1 aromatic rings. The van der Waals surface area contributed by atoms with E-state index in [1.165, 1.54) is 0 Å². The van der Waals surface area contributed by atoms with Crippen LogP contribution in [0.3, 0.4) is 0 Å². The third-order valence-corrected chi connectivity index (χ3v) is 2.55. The Bertz CT molecular complexity index is 460. The van der Waals surface area contributed by atoms with Crippen molar-refractivity contribution >= 4 is 34.7 Å². The largest absolute Gasteiger partial charge is 0.376 e. The number of hydrogen-bond acceptors (Lipinski definition) is 2. The lowest BCUT2D eigenvalue weighted by Crippen LogP contribution is -2.41. The maximum atomic E-state index is 11.4. The van der Waals surface area contributed by atoms with E-state index < -0.39 is 0 Å². The van der Waals surface area contributed by atoms with Gasteiger partial charge in [0.2, 0.25) is 0 Å². The second-order valence-corrected chi connectivity index (χ2v) is 3.99. The quantitative estimate of drug-likeness (QED) is 0.636. The Morgan fingerprint density at radius 2 is 2.38 bits per heavy atom. The van der Waals surface area contributed by atoms with Gasteiger partial charge in [0.15, 0.2) is 5.11 Å². The topological polar surface area (TPSA) is 70.4 Å². The average molecular weight is 236 g/mol. The van der Waals surface area contributed by atoms with Gasteiger partial charge >= 0.3 is 6.03 Å². The zero-order valence-corrected chi connectivity index (χ0v) is 9.60. The van der Waals surface area contributed by atoms with Crippen molar-refractivity contribution in [3.63, 3.8) is 0 Å². The molecule has 5 nitrogen and oxygen atoms in total. The van der Waals surface area contributed by atoms with Gasteiger partial charge in [-0.05, 0) is 36.0 Å². The molecule has 1 aromatic carbocycles. The van der Waals surface area contributed by atoms with Crippen LogP contribution in [0.2, 0.25) is 0 Å². The van der Waals surface area contributed by atoms with Gasteiger partial charge in [0, 0.05) is 19.3 Å². The van der Waals surface area contributed by atoms with Crippen LogP contribution in [0, 0.1) is 0 Å². The van der Waals surface area contributed by atoms with E-state index in [-0.39, 0.29) is 11.1 Å². The van der Waals surface area contributed by atoms with Gasteiger partial charge in [-0.15, -0.1) is 0 Å². The predicted molar refractivity (Wildman–Crippen MR) is 67.5 cm³/mol. The molecule has 0 atom stereocenters. The van der Waals surface area contributed by atoms with Crippen LogP contribution in [0.4, 0.5) is 16.2 Å². The summed E-state index contributed by atoms with van der Waals surface area (Å²) < 4.78 is 0. The zero-order chi connectivity index (χ0) is 11.7. The Balaban J connectivity index is 2.33. The lowest BCUT2D eigenvalue weighted by atomic mass is 10.1. The lowest BCUT2D eigenvalue weighted by Gasteiger charge is -2.27. The highest BCUT2D eigenvalue weighted by molar-refractivity contribution is 7.80. The van der Waals surface area contributed by atoms with Gasteiger partial charge < -0.3 is 16.4 Å². The third-order valence-electron chi connectivity index (χ3n) is 2.44. The van der Waals surface area contributed by atoms with Crippen molar-refractivity contribution in [2.24, 2.45) is 5.73 Å². The molecule has 0 saturated heterocycles. The zero-order valence-electron chi connectivity index (χ0n) is 8.78. The van der Waals surface area contributed by atoms with Crippen LogP contribution in [-0.2, 0) is 6.54 Å². The highest BCUT2D eigenvalue weighted by Gasteiger charge is 2.19. The van der Waals surface area contributed by atoms with Crippen molar-refractivity contribution < 1.29 is 4.79 Å². The molecule has 2 rings (SSSR count). The van der Waals surface area contributed by atoms with Gasteiger partial charge in [-0.3, -0.25) is 4.90 Å². The molecule has 2 amide bonds. The summed E-state index contributed by atoms with van der Waals surface area (Å²) in [6.07, 6.45) is 0. The minimum absolute atomic E-state index is 0.0949. The molecule has 0 aromatic heterocycles. The van der Waals surface area contributed by atoms with Crippen LogP contribution >= 0.6 is 12.2 Å². The Hall–Kier alpha value is -1.82. The van der Waals surface area contributed by atoms with Crippen LogP contribution < -0.4 is 21.3 Å². The molecule has 0 spiro atoms. The summed E-state index contributed by atoms with van der Waals surface area (Å²) in [5.41, 5.74) is 8.15. The normalized spacial score (nSPS) is 14.1. The van der Waals surface area contributed by atoms with Gasteiger partial charge in [-0.2, -0.15) is 0 Å². The Morgan fingerprint density at radius 1 is 1.62 bits per heavy atom. The number of rotatable bonds is 1. The molecule has 0 fully saturated rings. The van der Waals surface area contributed by atoms with Crippen molar-refractivity contribution in [1.82, 2.24) is 5.32 Å². The molecule has 1 heterocycles. The second kappa shape index (κ2) is 3.97. The molecule has 84 valence electrons. The van der Waals surface area contributed by atoms with Crippen LogP contribution in [0.1, 0.15) is 5.56 Å². The summed E-state index contributed by atoms with van der Waals surface area (Å²) in [6.45, 7) is 0.519. The molecule has 6 heteroatoms. The summed E-state index contributed by atoms with van der Waals surface area (Å²) in [4.78, 5) is 13.0. The van der Waals surface area contributed by atoms with E-state index in [1.54, 1.807) is 11.9 Å². The van der Waals surface area contributed by atoms with Crippen molar-refractivity contribution in [2.75, 3.05) is 17.3 Å². The minimum Gasteiger partial charge on any atom is -0.376 e. The van der Waals surface area contributed by atoms with E-state index in [1.807, 2.05) is 18.2 Å². The maximum absolute atomic E-state index is 11.4. The third kappa shape index (κ3) is 1.92. The van der Waals surface area contributed by atoms with E-state index >= 15 is 0 Å². The van der Waals surface area contributed by atoms with Crippen LogP contribution in [0.15, 0.2) is 18.2 Å². The minimum atomic E-state index is -0.0949. The SMILES string of the molecule is CN1C(=O)NCc2cc(NC(N)=S)ccc21. The molecule has 1 aliphatic rings. The summed E-state index contributed by atoms with van der Waals surface area (Å²) in [7, 11) is 1.73. The van der Waals surface area contributed by atoms with Gasteiger partial charge in [-0.25, -0.2) is 4.79 Å². The molecule has 0 bridgehead atoms. The number of urea groups is 1. The fourth-order valence-corrected chi connectivity index (χ4v) is 1.79. The summed E-state index contributed by atoms with van der Waals surface area (Å²) in [5, 5.41) is 5.85. The first-order valence-electron chi connectivity index (χ1n) is 4.79. The fraction of sp³-hybridized carbons (Fsp3) is 0.200. The fourth-order valence-electron chi connectivity index (χ4n) is 1.67. The molecule has 0 saturated carbocycles. The van der Waals surface area contributed by atoms with Crippen LogP contribution in [-0.4, -0.2) is 18.2 Å². The van der Waals surface area contributed by atoms with E-state index in [9.17, 15) is 4.79 Å². The second-order valence-electron chi connectivity index (χ2n) is 3.55. The molecule has 0 radical (unpaired) electrons. The average Bonchev–Trinajstić information content (AvgIpc) is 2.23. The van der Waals surface area contributed by atoms with Gasteiger partial charge in [0.05, 0.1) is 5.69 Å². The number of amides is 2. The number of carbonyl (C=O) groups excluding carboxylic acids is 1. The molecule has 0 aliphatic carbocycles. The number of hydrogen-bond donors (Lipinski definition) is 3. The molecule has 1 aliphatic heterocycles. The summed E-state index contributed by atoms with van der Waals surface area (Å²) in [6, 6.07) is 5.54. The summed E-state index contributed by atoms with van der Waals surface area (Å²) in [5.74, 6) is 0. The highest BCUT2D eigenvalue weighted by atomic mass is 32.1. The molecule has 16 heavy (non-hydrogen) atoms. The van der Waals surface area contributed by atoms with E-state index in [0.717, 1.165) is 16.9 Å². The number of nitrogens with one attached hydrogen (secondary N) is 2. The van der Waals surface area contributed by atoms with Crippen LogP contribution in [0.5, 0.6) is 0 Å². The monoisotopic (exact) mass is 236 g/mol. The number of benzene rings is 1. The Morgan fingerprint density at radius 3 is 3.06 bits per heavy atom. The lowest BCUT2D eigenvalue weighted by molar-refractivity contribution is 0.246. The number of anilines is 2. The standard InChI is InChI=1S/C10H12N4OS/c1-14-8-3-2-7(13-9(11)16)4-6(8)5-12-10(14)15/h2-4H,5H2,1H3,(H,12,15)(H3,11,13,16). The Kier molecular flexibility index (Phi) is 2.66.